The Kier molecular flexibility index (Phi) is 2.62. The van der Waals surface area contributed by atoms with Crippen LogP contribution >= 0.6 is 11.3 Å². The highest BCUT2D eigenvalue weighted by Gasteiger charge is 2.05. The van der Waals surface area contributed by atoms with Crippen LogP contribution in [0.4, 0.5) is 0 Å². The number of nitrogens with two attached hydrogens (primary N) is 1. The number of rotatable bonds is 3. The molecule has 4 heteroatoms. The average Bonchev–Trinajstić information content (AvgIpc) is 2.37. The molecule has 0 saturated heterocycles. The fourth-order valence-electron chi connectivity index (χ4n) is 0.786. The second-order valence-corrected chi connectivity index (χ2v) is 3.07. The van der Waals surface area contributed by atoms with Gasteiger partial charge in [0, 0.05) is 0 Å². The Labute approximate surface area is 68.5 Å². The summed E-state index contributed by atoms with van der Waals surface area (Å²) < 4.78 is 0. The van der Waals surface area contributed by atoms with Crippen molar-refractivity contribution in [1.82, 2.24) is 0 Å². The molecule has 1 rings (SSSR count). The van der Waals surface area contributed by atoms with Crippen molar-refractivity contribution in [3.05, 3.63) is 21.9 Å². The molecule has 0 fully saturated rings. The molecule has 0 radical (unpaired) electrons. The Balaban J connectivity index is 2.73. The van der Waals surface area contributed by atoms with Crippen LogP contribution in [0.2, 0.25) is 0 Å². The second-order valence-electron chi connectivity index (χ2n) is 2.16. The quantitative estimate of drug-likeness (QED) is 0.711. The van der Waals surface area contributed by atoms with Crippen LogP contribution in [0.3, 0.4) is 0 Å². The van der Waals surface area contributed by atoms with E-state index in [0.717, 1.165) is 12.0 Å². The molecule has 3 N–H and O–H groups in total. The SMILES string of the molecule is NCCc1csc(C(=O)O)c1. The van der Waals surface area contributed by atoms with Crippen LogP contribution in [0.15, 0.2) is 11.4 Å². The normalized spacial score (nSPS) is 9.91. The van der Waals surface area contributed by atoms with E-state index < -0.39 is 5.97 Å². The summed E-state index contributed by atoms with van der Waals surface area (Å²) in [5.74, 6) is -0.863. The smallest absolute Gasteiger partial charge is 0.345 e. The van der Waals surface area contributed by atoms with Crippen LogP contribution < -0.4 is 5.73 Å². The van der Waals surface area contributed by atoms with Gasteiger partial charge in [-0.05, 0) is 30.0 Å². The van der Waals surface area contributed by atoms with Gasteiger partial charge in [0.2, 0.25) is 0 Å². The van der Waals surface area contributed by atoms with E-state index in [1.807, 2.05) is 5.38 Å². The molecular weight excluding hydrogens is 162 g/mol. The lowest BCUT2D eigenvalue weighted by Gasteiger charge is -1.87. The molecule has 0 amide bonds. The molecule has 0 saturated carbocycles. The van der Waals surface area contributed by atoms with Crippen molar-refractivity contribution in [2.45, 2.75) is 6.42 Å². The molecule has 0 aliphatic carbocycles. The maximum atomic E-state index is 10.4. The van der Waals surface area contributed by atoms with Crippen LogP contribution in [0.1, 0.15) is 15.2 Å². The fraction of sp³-hybridized carbons (Fsp3) is 0.286. The topological polar surface area (TPSA) is 63.3 Å². The summed E-state index contributed by atoms with van der Waals surface area (Å²) in [6.45, 7) is 0.565. The minimum Gasteiger partial charge on any atom is -0.477 e. The molecule has 3 nitrogen and oxygen atoms in total. The first-order chi connectivity index (χ1) is 5.24. The summed E-state index contributed by atoms with van der Waals surface area (Å²) in [6.07, 6.45) is 0.754. The van der Waals surface area contributed by atoms with Crippen molar-refractivity contribution in [3.8, 4) is 0 Å². The number of hydrogen-bond donors (Lipinski definition) is 2. The van der Waals surface area contributed by atoms with Gasteiger partial charge in [0.15, 0.2) is 0 Å². The molecular formula is C7H9NO2S. The summed E-state index contributed by atoms with van der Waals surface area (Å²) in [5, 5.41) is 10.4. The Bertz CT molecular complexity index is 257. The fourth-order valence-corrected chi connectivity index (χ4v) is 1.57. The van der Waals surface area contributed by atoms with Crippen molar-refractivity contribution >= 4 is 17.3 Å². The first-order valence-electron chi connectivity index (χ1n) is 3.25. The van der Waals surface area contributed by atoms with Crippen LogP contribution in [0.5, 0.6) is 0 Å². The summed E-state index contributed by atoms with van der Waals surface area (Å²) in [5.41, 5.74) is 6.31. The molecule has 0 bridgehead atoms. The van der Waals surface area contributed by atoms with Crippen molar-refractivity contribution in [3.63, 3.8) is 0 Å². The summed E-state index contributed by atoms with van der Waals surface area (Å²) in [4.78, 5) is 10.8. The third-order valence-corrected chi connectivity index (χ3v) is 2.26. The highest BCUT2D eigenvalue weighted by Crippen LogP contribution is 2.14. The Morgan fingerprint density at radius 1 is 1.73 bits per heavy atom. The van der Waals surface area contributed by atoms with Crippen LogP contribution in [0, 0.1) is 0 Å². The molecule has 60 valence electrons. The van der Waals surface area contributed by atoms with E-state index in [1.165, 1.54) is 11.3 Å². The number of carbonyl (C=O) groups is 1. The highest BCUT2D eigenvalue weighted by molar-refractivity contribution is 7.12. The highest BCUT2D eigenvalue weighted by atomic mass is 32.1. The minimum absolute atomic E-state index is 0.383. The van der Waals surface area contributed by atoms with Gasteiger partial charge in [0.25, 0.3) is 0 Å². The number of aromatic carboxylic acids is 1. The summed E-state index contributed by atoms with van der Waals surface area (Å²) in [6, 6.07) is 1.67. The zero-order valence-electron chi connectivity index (χ0n) is 5.91. The van der Waals surface area contributed by atoms with Crippen molar-refractivity contribution in [1.29, 1.82) is 0 Å². The van der Waals surface area contributed by atoms with Gasteiger partial charge in [0.05, 0.1) is 0 Å². The van der Waals surface area contributed by atoms with E-state index in [0.29, 0.717) is 11.4 Å². The maximum Gasteiger partial charge on any atom is 0.345 e. The maximum absolute atomic E-state index is 10.4. The predicted molar refractivity (Wildman–Crippen MR) is 44.0 cm³/mol. The van der Waals surface area contributed by atoms with E-state index in [9.17, 15) is 4.79 Å². The zero-order valence-corrected chi connectivity index (χ0v) is 6.73. The number of thiophene rings is 1. The van der Waals surface area contributed by atoms with Crippen LogP contribution in [0.25, 0.3) is 0 Å². The van der Waals surface area contributed by atoms with Gasteiger partial charge in [-0.3, -0.25) is 0 Å². The Hall–Kier alpha value is -0.870. The van der Waals surface area contributed by atoms with E-state index in [-0.39, 0.29) is 0 Å². The average molecular weight is 171 g/mol. The van der Waals surface area contributed by atoms with Gasteiger partial charge >= 0.3 is 5.97 Å². The minimum atomic E-state index is -0.863. The Morgan fingerprint density at radius 2 is 2.45 bits per heavy atom. The summed E-state index contributed by atoms with van der Waals surface area (Å²) >= 11 is 1.24. The van der Waals surface area contributed by atoms with E-state index in [4.69, 9.17) is 10.8 Å². The lowest BCUT2D eigenvalue weighted by molar-refractivity contribution is 0.0702. The van der Waals surface area contributed by atoms with Gasteiger partial charge in [0.1, 0.15) is 4.88 Å². The number of hydrogen-bond acceptors (Lipinski definition) is 3. The molecule has 1 aromatic rings. The van der Waals surface area contributed by atoms with Gasteiger partial charge in [-0.2, -0.15) is 0 Å². The largest absolute Gasteiger partial charge is 0.477 e. The lowest BCUT2D eigenvalue weighted by atomic mass is 10.2. The molecule has 0 aliphatic rings. The molecule has 0 aliphatic heterocycles. The van der Waals surface area contributed by atoms with E-state index in [1.54, 1.807) is 6.07 Å². The zero-order chi connectivity index (χ0) is 8.27. The summed E-state index contributed by atoms with van der Waals surface area (Å²) in [7, 11) is 0. The van der Waals surface area contributed by atoms with Gasteiger partial charge in [-0.25, -0.2) is 4.79 Å². The van der Waals surface area contributed by atoms with Crippen molar-refractivity contribution < 1.29 is 9.90 Å². The van der Waals surface area contributed by atoms with Crippen molar-refractivity contribution in [2.24, 2.45) is 5.73 Å². The number of carboxylic acid groups (broad SMARTS) is 1. The molecule has 0 spiro atoms. The second kappa shape index (κ2) is 3.50. The third kappa shape index (κ3) is 2.03. The Morgan fingerprint density at radius 3 is 2.91 bits per heavy atom. The molecule has 1 heterocycles. The van der Waals surface area contributed by atoms with Crippen LogP contribution in [-0.2, 0) is 6.42 Å². The molecule has 0 aromatic carbocycles. The predicted octanol–water partition coefficient (Wildman–Crippen LogP) is 0.948. The molecule has 1 aromatic heterocycles. The van der Waals surface area contributed by atoms with Crippen LogP contribution in [-0.4, -0.2) is 17.6 Å². The van der Waals surface area contributed by atoms with E-state index in [2.05, 4.69) is 0 Å². The van der Waals surface area contributed by atoms with E-state index >= 15 is 0 Å². The molecule has 0 unspecified atom stereocenters. The molecule has 0 atom stereocenters. The van der Waals surface area contributed by atoms with Crippen molar-refractivity contribution in [2.75, 3.05) is 6.54 Å². The standard InChI is InChI=1S/C7H9NO2S/c8-2-1-5-3-6(7(9)10)11-4-5/h3-4H,1-2,8H2,(H,9,10). The molecule has 11 heavy (non-hydrogen) atoms. The van der Waals surface area contributed by atoms with Gasteiger partial charge in [-0.15, -0.1) is 11.3 Å². The third-order valence-electron chi connectivity index (χ3n) is 1.30. The first-order valence-corrected chi connectivity index (χ1v) is 4.13. The van der Waals surface area contributed by atoms with Gasteiger partial charge in [-0.1, -0.05) is 0 Å². The lowest BCUT2D eigenvalue weighted by Crippen LogP contribution is -2.01. The number of carboxylic acids is 1. The monoisotopic (exact) mass is 171 g/mol. The van der Waals surface area contributed by atoms with Gasteiger partial charge < -0.3 is 10.8 Å². The first kappa shape index (κ1) is 8.23.